The molecule has 0 heterocycles. The Morgan fingerprint density at radius 3 is 1.71 bits per heavy atom. The Balaban J connectivity index is 4.52. The highest BCUT2D eigenvalue weighted by molar-refractivity contribution is 7.47. The van der Waals surface area contributed by atoms with Gasteiger partial charge in [0.2, 0.25) is 0 Å². The Kier molecular flexibility index (Phi) is 28.9. The first-order chi connectivity index (χ1) is 23.0. The number of allylic oxidation sites excluding steroid dienone is 12. The smallest absolute Gasteiger partial charge is 0.462 e. The SMILES string of the molecule is CC/C=C\C/C=C\C/C=C\C/C=C\C/C=C\C/C=C\CCC(=O)OC(COC(=O)CCCCCCC)COP(=O)(O)OCC[N+](C)(C)C. The summed E-state index contributed by atoms with van der Waals surface area (Å²) in [6, 6.07) is 0. The molecule has 0 aromatic heterocycles. The molecule has 0 saturated heterocycles. The highest BCUT2D eigenvalue weighted by Gasteiger charge is 2.27. The fourth-order valence-corrected chi connectivity index (χ4v) is 4.72. The van der Waals surface area contributed by atoms with E-state index in [1.165, 1.54) is 0 Å². The zero-order valence-electron chi connectivity index (χ0n) is 30.4. The second-order valence-corrected chi connectivity index (χ2v) is 14.0. The van der Waals surface area contributed by atoms with Crippen molar-refractivity contribution in [3.8, 4) is 0 Å². The van der Waals surface area contributed by atoms with Crippen molar-refractivity contribution >= 4 is 19.8 Å². The summed E-state index contributed by atoms with van der Waals surface area (Å²) in [4.78, 5) is 34.8. The molecule has 1 N–H and O–H groups in total. The number of carbonyl (C=O) groups excluding carboxylic acids is 2. The summed E-state index contributed by atoms with van der Waals surface area (Å²) in [5.74, 6) is -0.922. The minimum absolute atomic E-state index is 0.0146. The third-order valence-corrected chi connectivity index (χ3v) is 7.75. The average molecular weight is 695 g/mol. The van der Waals surface area contributed by atoms with Crippen LogP contribution in [0.25, 0.3) is 0 Å². The lowest BCUT2D eigenvalue weighted by Gasteiger charge is -2.24. The van der Waals surface area contributed by atoms with E-state index in [-0.39, 0.29) is 26.1 Å². The van der Waals surface area contributed by atoms with Crippen LogP contribution in [0.3, 0.4) is 0 Å². The maximum Gasteiger partial charge on any atom is 0.472 e. The number of nitrogens with zero attached hydrogens (tertiary/aromatic N) is 1. The van der Waals surface area contributed by atoms with E-state index >= 15 is 0 Å². The zero-order valence-corrected chi connectivity index (χ0v) is 31.3. The average Bonchev–Trinajstić information content (AvgIpc) is 3.02. The molecule has 0 aromatic carbocycles. The van der Waals surface area contributed by atoms with Gasteiger partial charge >= 0.3 is 19.8 Å². The Morgan fingerprint density at radius 1 is 0.667 bits per heavy atom. The van der Waals surface area contributed by atoms with Crippen LogP contribution in [0.4, 0.5) is 0 Å². The van der Waals surface area contributed by atoms with Crippen molar-refractivity contribution in [3.05, 3.63) is 72.9 Å². The van der Waals surface area contributed by atoms with E-state index in [2.05, 4.69) is 74.6 Å². The lowest BCUT2D eigenvalue weighted by atomic mass is 10.1. The van der Waals surface area contributed by atoms with Crippen molar-refractivity contribution in [2.24, 2.45) is 0 Å². The van der Waals surface area contributed by atoms with Gasteiger partial charge in [-0.15, -0.1) is 0 Å². The first-order valence-corrected chi connectivity index (χ1v) is 19.2. The molecule has 2 atom stereocenters. The number of likely N-dealkylation sites (N-methyl/N-ethyl adjacent to an activating group) is 1. The zero-order chi connectivity index (χ0) is 35.8. The fraction of sp³-hybridized carbons (Fsp3) is 0.632. The van der Waals surface area contributed by atoms with Gasteiger partial charge in [-0.3, -0.25) is 18.6 Å². The van der Waals surface area contributed by atoms with Crippen LogP contribution in [-0.4, -0.2) is 74.9 Å². The van der Waals surface area contributed by atoms with Crippen LogP contribution in [0.15, 0.2) is 72.9 Å². The largest absolute Gasteiger partial charge is 0.472 e. The van der Waals surface area contributed by atoms with E-state index in [1.807, 2.05) is 33.3 Å². The number of phosphoric acid groups is 1. The lowest BCUT2D eigenvalue weighted by molar-refractivity contribution is -0.870. The van der Waals surface area contributed by atoms with Crippen LogP contribution < -0.4 is 0 Å². The molecule has 9 nitrogen and oxygen atoms in total. The summed E-state index contributed by atoms with van der Waals surface area (Å²) in [6.45, 7) is 4.07. The van der Waals surface area contributed by atoms with Crippen molar-refractivity contribution in [3.63, 3.8) is 0 Å². The van der Waals surface area contributed by atoms with E-state index in [0.29, 0.717) is 17.4 Å². The van der Waals surface area contributed by atoms with E-state index in [4.69, 9.17) is 18.5 Å². The summed E-state index contributed by atoms with van der Waals surface area (Å²) in [6.07, 6.45) is 35.8. The maximum atomic E-state index is 12.5. The van der Waals surface area contributed by atoms with Crippen molar-refractivity contribution in [2.75, 3.05) is 47.5 Å². The van der Waals surface area contributed by atoms with Crippen LogP contribution in [-0.2, 0) is 32.7 Å². The molecule has 0 spiro atoms. The first-order valence-electron chi connectivity index (χ1n) is 17.7. The van der Waals surface area contributed by atoms with Gasteiger partial charge in [0, 0.05) is 12.8 Å². The second-order valence-electron chi connectivity index (χ2n) is 12.5. The molecular formula is C38H65NO8P+. The molecule has 0 fully saturated rings. The molecule has 0 rings (SSSR count). The standard InChI is InChI=1S/C38H64NO8P/c1-6-8-10-12-13-14-15-16-17-18-19-20-21-22-23-24-25-27-29-31-38(41)47-36(34-44-37(40)30-28-26-11-9-7-2)35-46-48(42,43)45-33-32-39(3,4)5/h8,10,13-14,16-17,19-20,22-23,25,27,36H,6-7,9,11-12,15,18,21,24,26,28-35H2,1-5H3/p+1/b10-8-,14-13-,17-16-,20-19-,23-22-,27-25-. The van der Waals surface area contributed by atoms with Crippen molar-refractivity contribution in [1.82, 2.24) is 0 Å². The van der Waals surface area contributed by atoms with E-state index < -0.39 is 32.5 Å². The summed E-state index contributed by atoms with van der Waals surface area (Å²) in [5.41, 5.74) is 0. The van der Waals surface area contributed by atoms with E-state index in [0.717, 1.165) is 70.6 Å². The molecular weight excluding hydrogens is 629 g/mol. The number of ether oxygens (including phenoxy) is 2. The number of carbonyl (C=O) groups is 2. The molecule has 0 radical (unpaired) electrons. The second kappa shape index (κ2) is 30.5. The number of hydrogen-bond donors (Lipinski definition) is 1. The van der Waals surface area contributed by atoms with Gasteiger partial charge in [-0.2, -0.15) is 0 Å². The summed E-state index contributed by atoms with van der Waals surface area (Å²) < 4.78 is 33.8. The molecule has 0 amide bonds. The summed E-state index contributed by atoms with van der Waals surface area (Å²) in [7, 11) is 1.41. The highest BCUT2D eigenvalue weighted by atomic mass is 31.2. The number of phosphoric ester groups is 1. The molecule has 0 aromatic rings. The normalized spacial score (nSPS) is 14.7. The Morgan fingerprint density at radius 2 is 1.19 bits per heavy atom. The van der Waals surface area contributed by atoms with Crippen LogP contribution in [0, 0.1) is 0 Å². The van der Waals surface area contributed by atoms with Gasteiger partial charge < -0.3 is 18.9 Å². The molecule has 274 valence electrons. The van der Waals surface area contributed by atoms with Gasteiger partial charge in [0.15, 0.2) is 6.10 Å². The van der Waals surface area contributed by atoms with Gasteiger partial charge in [0.25, 0.3) is 0 Å². The predicted molar refractivity (Wildman–Crippen MR) is 196 cm³/mol. The first kappa shape index (κ1) is 45.5. The number of rotatable bonds is 30. The Labute approximate surface area is 291 Å². The van der Waals surface area contributed by atoms with Crippen molar-refractivity contribution in [2.45, 2.75) is 110 Å². The summed E-state index contributed by atoms with van der Waals surface area (Å²) in [5, 5.41) is 0. The number of quaternary nitrogens is 1. The Bertz CT molecular complexity index is 1060. The molecule has 0 aliphatic rings. The fourth-order valence-electron chi connectivity index (χ4n) is 3.98. The third-order valence-electron chi connectivity index (χ3n) is 6.76. The third kappa shape index (κ3) is 33.4. The number of hydrogen-bond acceptors (Lipinski definition) is 7. The molecule has 48 heavy (non-hydrogen) atoms. The van der Waals surface area contributed by atoms with Gasteiger partial charge in [0.1, 0.15) is 19.8 Å². The van der Waals surface area contributed by atoms with Gasteiger partial charge in [-0.1, -0.05) is 112 Å². The summed E-state index contributed by atoms with van der Waals surface area (Å²) >= 11 is 0. The van der Waals surface area contributed by atoms with Crippen LogP contribution in [0.2, 0.25) is 0 Å². The highest BCUT2D eigenvalue weighted by Crippen LogP contribution is 2.43. The van der Waals surface area contributed by atoms with Crippen molar-refractivity contribution in [1.29, 1.82) is 0 Å². The van der Waals surface area contributed by atoms with Gasteiger partial charge in [0.05, 0.1) is 27.7 Å². The Hall–Kier alpha value is -2.55. The topological polar surface area (TPSA) is 108 Å². The molecule has 2 unspecified atom stereocenters. The minimum atomic E-state index is -4.38. The van der Waals surface area contributed by atoms with Gasteiger partial charge in [-0.25, -0.2) is 4.57 Å². The van der Waals surface area contributed by atoms with Crippen LogP contribution >= 0.6 is 7.82 Å². The minimum Gasteiger partial charge on any atom is -0.462 e. The van der Waals surface area contributed by atoms with Crippen LogP contribution in [0.5, 0.6) is 0 Å². The van der Waals surface area contributed by atoms with Gasteiger partial charge in [-0.05, 0) is 51.4 Å². The molecule has 0 saturated carbocycles. The van der Waals surface area contributed by atoms with E-state index in [9.17, 15) is 19.0 Å². The monoisotopic (exact) mass is 694 g/mol. The maximum absolute atomic E-state index is 12.5. The van der Waals surface area contributed by atoms with E-state index in [1.54, 1.807) is 0 Å². The predicted octanol–water partition coefficient (Wildman–Crippen LogP) is 9.12. The van der Waals surface area contributed by atoms with Crippen molar-refractivity contribution < 1.29 is 42.1 Å². The lowest BCUT2D eigenvalue weighted by Crippen LogP contribution is -2.37. The molecule has 0 aliphatic carbocycles. The molecule has 10 heteroatoms. The quantitative estimate of drug-likeness (QED) is 0.0261. The number of unbranched alkanes of at least 4 members (excludes halogenated alkanes) is 4. The number of esters is 2. The van der Waals surface area contributed by atoms with Crippen LogP contribution in [0.1, 0.15) is 104 Å². The molecule has 0 aliphatic heterocycles. The molecule has 0 bridgehead atoms.